The zero-order valence-corrected chi connectivity index (χ0v) is 9.91. The average Bonchev–Trinajstić information content (AvgIpc) is 2.88. The Morgan fingerprint density at radius 3 is 2.63 bits per heavy atom. The van der Waals surface area contributed by atoms with E-state index in [0.29, 0.717) is 40.6 Å². The third kappa shape index (κ3) is 2.20. The fraction of sp³-hybridized carbons (Fsp3) is 0.182. The Kier molecular flexibility index (Phi) is 2.76. The predicted molar refractivity (Wildman–Crippen MR) is 66.9 cm³/mol. The van der Waals surface area contributed by atoms with Gasteiger partial charge in [0.1, 0.15) is 11.3 Å². The number of nitrogens with one attached hydrogen (secondary N) is 1. The number of hydrogen-bond acceptors (Lipinski definition) is 7. The molecule has 0 bridgehead atoms. The van der Waals surface area contributed by atoms with Crippen molar-refractivity contribution in [2.45, 2.75) is 13.0 Å². The van der Waals surface area contributed by atoms with Crippen LogP contribution in [0.2, 0.25) is 0 Å². The number of hydrogen-bond donors (Lipinski definition) is 3. The summed E-state index contributed by atoms with van der Waals surface area (Å²) >= 11 is 0. The summed E-state index contributed by atoms with van der Waals surface area (Å²) in [6, 6.07) is 0. The number of aromatic amines is 1. The van der Waals surface area contributed by atoms with Crippen LogP contribution >= 0.6 is 0 Å². The van der Waals surface area contributed by atoms with Crippen LogP contribution in [0.25, 0.3) is 11.2 Å². The molecule has 8 nitrogen and oxygen atoms in total. The third-order valence-electron chi connectivity index (χ3n) is 2.62. The lowest BCUT2D eigenvalue weighted by molar-refractivity contribution is 0.276. The Morgan fingerprint density at radius 1 is 1.11 bits per heavy atom. The van der Waals surface area contributed by atoms with Crippen molar-refractivity contribution in [3.63, 3.8) is 0 Å². The summed E-state index contributed by atoms with van der Waals surface area (Å²) in [6.45, 7) is -0.129. The number of nitrogens with two attached hydrogens (primary N) is 1. The molecule has 3 aromatic rings. The number of nitrogens with zero attached hydrogens (tertiary/aromatic N) is 5. The lowest BCUT2D eigenvalue weighted by atomic mass is 10.3. The van der Waals surface area contributed by atoms with E-state index >= 15 is 0 Å². The number of nitrogen functional groups attached to an aromatic ring is 1. The number of rotatable bonds is 3. The van der Waals surface area contributed by atoms with Crippen LogP contribution in [0, 0.1) is 0 Å². The van der Waals surface area contributed by atoms with Gasteiger partial charge in [0.25, 0.3) is 0 Å². The minimum atomic E-state index is -0.129. The second-order valence-corrected chi connectivity index (χ2v) is 3.96. The van der Waals surface area contributed by atoms with Gasteiger partial charge < -0.3 is 15.8 Å². The average molecular weight is 257 g/mol. The van der Waals surface area contributed by atoms with Crippen LogP contribution in [0.15, 0.2) is 18.7 Å². The standard InChI is InChI=1S/C11H11N7O/c12-10-9-11(16-5-15-9)18-8(17-10)1-6-2-14-7(4-19)3-13-6/h2-3,5,19H,1,4H2,(H3,12,15,16,17,18). The highest BCUT2D eigenvalue weighted by Gasteiger charge is 2.08. The van der Waals surface area contributed by atoms with Crippen LogP contribution in [-0.4, -0.2) is 35.0 Å². The molecular weight excluding hydrogens is 246 g/mol. The number of anilines is 1. The molecule has 0 unspecified atom stereocenters. The molecule has 0 atom stereocenters. The Hall–Kier alpha value is -2.61. The maximum Gasteiger partial charge on any atom is 0.183 e. The first kappa shape index (κ1) is 11.5. The van der Waals surface area contributed by atoms with Crippen molar-refractivity contribution in [3.8, 4) is 0 Å². The molecule has 0 aliphatic rings. The summed E-state index contributed by atoms with van der Waals surface area (Å²) in [4.78, 5) is 23.6. The van der Waals surface area contributed by atoms with Crippen LogP contribution in [0.3, 0.4) is 0 Å². The molecule has 0 aromatic carbocycles. The quantitative estimate of drug-likeness (QED) is 0.593. The first-order chi connectivity index (χ1) is 9.26. The van der Waals surface area contributed by atoms with E-state index in [9.17, 15) is 0 Å². The third-order valence-corrected chi connectivity index (χ3v) is 2.62. The highest BCUT2D eigenvalue weighted by molar-refractivity contribution is 5.80. The van der Waals surface area contributed by atoms with E-state index in [2.05, 4.69) is 29.9 Å². The van der Waals surface area contributed by atoms with Gasteiger partial charge in [-0.1, -0.05) is 0 Å². The maximum absolute atomic E-state index is 8.89. The Balaban J connectivity index is 1.91. The molecule has 3 aromatic heterocycles. The monoisotopic (exact) mass is 257 g/mol. The normalized spacial score (nSPS) is 11.0. The van der Waals surface area contributed by atoms with Crippen molar-refractivity contribution >= 4 is 17.0 Å². The molecule has 3 heterocycles. The van der Waals surface area contributed by atoms with Gasteiger partial charge in [0.15, 0.2) is 11.5 Å². The zero-order valence-electron chi connectivity index (χ0n) is 9.91. The van der Waals surface area contributed by atoms with Gasteiger partial charge in [-0.3, -0.25) is 9.97 Å². The molecule has 3 rings (SSSR count). The Labute approximate surface area is 107 Å². The van der Waals surface area contributed by atoms with Gasteiger partial charge in [-0.2, -0.15) is 0 Å². The van der Waals surface area contributed by atoms with Gasteiger partial charge in [-0.15, -0.1) is 0 Å². The molecule has 4 N–H and O–H groups in total. The van der Waals surface area contributed by atoms with Crippen LogP contribution in [-0.2, 0) is 13.0 Å². The van der Waals surface area contributed by atoms with E-state index in [4.69, 9.17) is 10.8 Å². The van der Waals surface area contributed by atoms with Crippen molar-refractivity contribution in [1.82, 2.24) is 29.9 Å². The molecule has 96 valence electrons. The Bertz CT molecular complexity index is 707. The second kappa shape index (κ2) is 4.58. The lowest BCUT2D eigenvalue weighted by Gasteiger charge is -2.02. The summed E-state index contributed by atoms with van der Waals surface area (Å²) in [6.07, 6.45) is 5.03. The zero-order chi connectivity index (χ0) is 13.2. The first-order valence-corrected chi connectivity index (χ1v) is 5.62. The van der Waals surface area contributed by atoms with Gasteiger partial charge in [0.05, 0.1) is 36.9 Å². The van der Waals surface area contributed by atoms with E-state index < -0.39 is 0 Å². The molecule has 0 aliphatic carbocycles. The van der Waals surface area contributed by atoms with E-state index in [1.807, 2.05) is 0 Å². The molecular formula is C11H11N7O. The molecule has 8 heteroatoms. The Morgan fingerprint density at radius 2 is 1.89 bits per heavy atom. The summed E-state index contributed by atoms with van der Waals surface area (Å²) < 4.78 is 0. The van der Waals surface area contributed by atoms with Crippen molar-refractivity contribution in [2.75, 3.05) is 5.73 Å². The fourth-order valence-electron chi connectivity index (χ4n) is 1.70. The highest BCUT2D eigenvalue weighted by Crippen LogP contribution is 2.14. The number of H-pyrrole nitrogens is 1. The van der Waals surface area contributed by atoms with Gasteiger partial charge in [0.2, 0.25) is 0 Å². The molecule has 19 heavy (non-hydrogen) atoms. The van der Waals surface area contributed by atoms with Gasteiger partial charge in [-0.05, 0) is 0 Å². The summed E-state index contributed by atoms with van der Waals surface area (Å²) in [5, 5.41) is 8.89. The number of fused-ring (bicyclic) bond motifs is 1. The van der Waals surface area contributed by atoms with Crippen LogP contribution in [0.1, 0.15) is 17.2 Å². The van der Waals surface area contributed by atoms with Gasteiger partial charge >= 0.3 is 0 Å². The predicted octanol–water partition coefficient (Wildman–Crippen LogP) is -0.192. The van der Waals surface area contributed by atoms with Gasteiger partial charge in [-0.25, -0.2) is 15.0 Å². The lowest BCUT2D eigenvalue weighted by Crippen LogP contribution is -2.04. The summed E-state index contributed by atoms with van der Waals surface area (Å²) in [7, 11) is 0. The second-order valence-electron chi connectivity index (χ2n) is 3.96. The molecule has 0 radical (unpaired) electrons. The number of aromatic nitrogens is 6. The number of aliphatic hydroxyl groups excluding tert-OH is 1. The largest absolute Gasteiger partial charge is 0.390 e. The SMILES string of the molecule is Nc1nc(Cc2cnc(CO)cn2)nc2nc[nH]c12. The minimum absolute atomic E-state index is 0.129. The maximum atomic E-state index is 8.89. The van der Waals surface area contributed by atoms with Gasteiger partial charge in [0, 0.05) is 6.20 Å². The molecule has 0 spiro atoms. The first-order valence-electron chi connectivity index (χ1n) is 5.62. The number of aliphatic hydroxyl groups is 1. The molecule has 0 saturated carbocycles. The van der Waals surface area contributed by atoms with Crippen molar-refractivity contribution in [3.05, 3.63) is 35.9 Å². The molecule has 0 saturated heterocycles. The summed E-state index contributed by atoms with van der Waals surface area (Å²) in [5.41, 5.74) is 8.19. The molecule has 0 amide bonds. The fourth-order valence-corrected chi connectivity index (χ4v) is 1.70. The smallest absolute Gasteiger partial charge is 0.183 e. The number of imidazole rings is 1. The van der Waals surface area contributed by atoms with E-state index in [1.165, 1.54) is 12.5 Å². The van der Waals surface area contributed by atoms with Crippen molar-refractivity contribution in [2.24, 2.45) is 0 Å². The van der Waals surface area contributed by atoms with Crippen LogP contribution < -0.4 is 5.73 Å². The highest BCUT2D eigenvalue weighted by atomic mass is 16.3. The van der Waals surface area contributed by atoms with Crippen LogP contribution in [0.4, 0.5) is 5.82 Å². The topological polar surface area (TPSA) is 126 Å². The molecule has 0 aliphatic heterocycles. The van der Waals surface area contributed by atoms with E-state index in [-0.39, 0.29) is 6.61 Å². The van der Waals surface area contributed by atoms with E-state index in [0.717, 1.165) is 0 Å². The van der Waals surface area contributed by atoms with Crippen molar-refractivity contribution < 1.29 is 5.11 Å². The van der Waals surface area contributed by atoms with Crippen molar-refractivity contribution in [1.29, 1.82) is 0 Å². The molecule has 0 fully saturated rings. The van der Waals surface area contributed by atoms with Crippen LogP contribution in [0.5, 0.6) is 0 Å². The summed E-state index contributed by atoms with van der Waals surface area (Å²) in [5.74, 6) is 0.889. The van der Waals surface area contributed by atoms with E-state index in [1.54, 1.807) is 6.20 Å². The minimum Gasteiger partial charge on any atom is -0.390 e.